The molecule has 0 unspecified atom stereocenters. The molecular weight excluding hydrogens is 152 g/mol. The molecule has 1 rings (SSSR count). The summed E-state index contributed by atoms with van der Waals surface area (Å²) < 4.78 is 6.29. The monoisotopic (exact) mass is 160 g/mol. The van der Waals surface area contributed by atoms with E-state index in [1.807, 2.05) is 11.4 Å². The summed E-state index contributed by atoms with van der Waals surface area (Å²) >= 11 is 3.46. The third-order valence-electron chi connectivity index (χ3n) is 0.988. The molecule has 9 heavy (non-hydrogen) atoms. The molecule has 0 atom stereocenters. The molecule has 1 aromatic rings. The molecule has 1 heterocycles. The highest BCUT2D eigenvalue weighted by molar-refractivity contribution is 8.00. The lowest BCUT2D eigenvalue weighted by molar-refractivity contribution is 0.416. The maximum atomic E-state index is 4.99. The molecule has 0 fully saturated rings. The van der Waals surface area contributed by atoms with Crippen molar-refractivity contribution in [3.8, 4) is 5.75 Å². The lowest BCUT2D eigenvalue weighted by Gasteiger charge is -1.88. The highest BCUT2D eigenvalue weighted by Gasteiger charge is 1.95. The van der Waals surface area contributed by atoms with Gasteiger partial charge in [0.25, 0.3) is 0 Å². The lowest BCUT2D eigenvalue weighted by atomic mass is 10.6. The molecule has 50 valence electrons. The van der Waals surface area contributed by atoms with Gasteiger partial charge in [0, 0.05) is 11.4 Å². The normalized spacial score (nSPS) is 9.56. The van der Waals surface area contributed by atoms with Gasteiger partial charge in [-0.3, -0.25) is 0 Å². The van der Waals surface area contributed by atoms with E-state index < -0.39 is 0 Å². The smallest absolute Gasteiger partial charge is 0.130 e. The van der Waals surface area contributed by atoms with Crippen LogP contribution in [0.5, 0.6) is 5.75 Å². The van der Waals surface area contributed by atoms with Gasteiger partial charge in [-0.15, -0.1) is 23.1 Å². The molecule has 0 N–H and O–H groups in total. The van der Waals surface area contributed by atoms with Gasteiger partial charge >= 0.3 is 0 Å². The number of thiophene rings is 1. The van der Waals surface area contributed by atoms with E-state index >= 15 is 0 Å². The Labute approximate surface area is 63.0 Å². The molecule has 1 nitrogen and oxygen atoms in total. The van der Waals surface area contributed by atoms with Gasteiger partial charge in [0.05, 0.1) is 11.3 Å². The van der Waals surface area contributed by atoms with Crippen LogP contribution in [0.3, 0.4) is 0 Å². The molecule has 1 aromatic heterocycles. The van der Waals surface area contributed by atoms with Crippen LogP contribution in [-0.4, -0.2) is 13.4 Å². The van der Waals surface area contributed by atoms with E-state index in [-0.39, 0.29) is 0 Å². The molecule has 0 aliphatic carbocycles. The van der Waals surface area contributed by atoms with Crippen molar-refractivity contribution in [2.24, 2.45) is 0 Å². The van der Waals surface area contributed by atoms with Crippen molar-refractivity contribution in [1.29, 1.82) is 0 Å². The molecule has 0 aromatic carbocycles. The molecule has 0 spiro atoms. The summed E-state index contributed by atoms with van der Waals surface area (Å²) in [7, 11) is 1.69. The second-order valence-corrected chi connectivity index (χ2v) is 3.53. The quantitative estimate of drug-likeness (QED) is 0.615. The van der Waals surface area contributed by atoms with Crippen LogP contribution in [0, 0.1) is 0 Å². The zero-order valence-electron chi connectivity index (χ0n) is 5.38. The Balaban J connectivity index is 2.74. The second-order valence-electron chi connectivity index (χ2n) is 1.51. The number of thioether (sulfide) groups is 1. The Kier molecular flexibility index (Phi) is 2.42. The first-order valence-electron chi connectivity index (χ1n) is 2.53. The highest BCUT2D eigenvalue weighted by atomic mass is 32.2. The Morgan fingerprint density at radius 2 is 2.44 bits per heavy atom. The number of rotatable bonds is 2. The number of hydrogen-bond donors (Lipinski definition) is 0. The largest absolute Gasteiger partial charge is 0.496 e. The fourth-order valence-corrected chi connectivity index (χ4v) is 1.86. The topological polar surface area (TPSA) is 9.23 Å². The Bertz CT molecular complexity index is 164. The van der Waals surface area contributed by atoms with Crippen LogP contribution in [0.4, 0.5) is 0 Å². The zero-order chi connectivity index (χ0) is 6.69. The van der Waals surface area contributed by atoms with Crippen molar-refractivity contribution in [2.75, 3.05) is 13.4 Å². The maximum absolute atomic E-state index is 4.99. The summed E-state index contributed by atoms with van der Waals surface area (Å²) in [5.41, 5.74) is 0. The molecule has 3 heteroatoms. The number of methoxy groups -OCH3 is 1. The van der Waals surface area contributed by atoms with Gasteiger partial charge in [0.2, 0.25) is 0 Å². The number of ether oxygens (including phenoxy) is 1. The first-order chi connectivity index (χ1) is 4.36. The van der Waals surface area contributed by atoms with Gasteiger partial charge in [0.15, 0.2) is 0 Å². The maximum Gasteiger partial charge on any atom is 0.130 e. The number of hydrogen-bond acceptors (Lipinski definition) is 3. The van der Waals surface area contributed by atoms with Gasteiger partial charge in [-0.1, -0.05) is 0 Å². The van der Waals surface area contributed by atoms with E-state index in [0.29, 0.717) is 0 Å². The van der Waals surface area contributed by atoms with Gasteiger partial charge < -0.3 is 4.74 Å². The lowest BCUT2D eigenvalue weighted by Crippen LogP contribution is -1.75. The molecule has 0 bridgehead atoms. The minimum atomic E-state index is 0.962. The second kappa shape index (κ2) is 3.13. The van der Waals surface area contributed by atoms with Crippen LogP contribution in [-0.2, 0) is 0 Å². The predicted octanol–water partition coefficient (Wildman–Crippen LogP) is 2.48. The SMILES string of the molecule is COc1csc(SC)c1. The molecule has 0 aliphatic rings. The van der Waals surface area contributed by atoms with Crippen LogP contribution in [0.25, 0.3) is 0 Å². The first kappa shape index (κ1) is 6.96. The van der Waals surface area contributed by atoms with Crippen molar-refractivity contribution < 1.29 is 4.74 Å². The van der Waals surface area contributed by atoms with Gasteiger partial charge in [-0.05, 0) is 6.26 Å². The Hall–Kier alpha value is -0.150. The third-order valence-corrected chi connectivity index (χ3v) is 3.00. The fourth-order valence-electron chi connectivity index (χ4n) is 0.514. The van der Waals surface area contributed by atoms with E-state index in [1.54, 1.807) is 30.2 Å². The van der Waals surface area contributed by atoms with Gasteiger partial charge in [0.1, 0.15) is 5.75 Å². The average molecular weight is 160 g/mol. The van der Waals surface area contributed by atoms with E-state index in [1.165, 1.54) is 4.21 Å². The van der Waals surface area contributed by atoms with Gasteiger partial charge in [-0.25, -0.2) is 0 Å². The molecule has 0 aliphatic heterocycles. The summed E-state index contributed by atoms with van der Waals surface area (Å²) in [4.78, 5) is 0. The summed E-state index contributed by atoms with van der Waals surface area (Å²) in [5, 5.41) is 2.01. The predicted molar refractivity (Wildman–Crippen MR) is 42.7 cm³/mol. The standard InChI is InChI=1S/C6H8OS2/c1-7-5-3-6(8-2)9-4-5/h3-4H,1-2H3. The third kappa shape index (κ3) is 1.63. The highest BCUT2D eigenvalue weighted by Crippen LogP contribution is 2.28. The van der Waals surface area contributed by atoms with E-state index in [0.717, 1.165) is 5.75 Å². The van der Waals surface area contributed by atoms with Crippen molar-refractivity contribution in [2.45, 2.75) is 4.21 Å². The summed E-state index contributed by atoms with van der Waals surface area (Å²) in [5.74, 6) is 0.962. The van der Waals surface area contributed by atoms with E-state index in [2.05, 4.69) is 6.26 Å². The van der Waals surface area contributed by atoms with Gasteiger partial charge in [-0.2, -0.15) is 0 Å². The summed E-state index contributed by atoms with van der Waals surface area (Å²) in [6, 6.07) is 2.04. The summed E-state index contributed by atoms with van der Waals surface area (Å²) in [6.07, 6.45) is 2.06. The van der Waals surface area contributed by atoms with E-state index in [4.69, 9.17) is 4.74 Å². The summed E-state index contributed by atoms with van der Waals surface area (Å²) in [6.45, 7) is 0. The van der Waals surface area contributed by atoms with Crippen LogP contribution in [0.2, 0.25) is 0 Å². The van der Waals surface area contributed by atoms with Crippen LogP contribution < -0.4 is 4.74 Å². The fraction of sp³-hybridized carbons (Fsp3) is 0.333. The van der Waals surface area contributed by atoms with Crippen LogP contribution in [0.15, 0.2) is 15.7 Å². The van der Waals surface area contributed by atoms with Crippen LogP contribution in [0.1, 0.15) is 0 Å². The Morgan fingerprint density at radius 3 is 2.78 bits per heavy atom. The van der Waals surface area contributed by atoms with Crippen LogP contribution >= 0.6 is 23.1 Å². The molecule has 0 saturated heterocycles. The molecular formula is C6H8OS2. The van der Waals surface area contributed by atoms with Crippen molar-refractivity contribution in [3.05, 3.63) is 11.4 Å². The zero-order valence-corrected chi connectivity index (χ0v) is 7.01. The van der Waals surface area contributed by atoms with E-state index in [9.17, 15) is 0 Å². The Morgan fingerprint density at radius 1 is 1.67 bits per heavy atom. The molecule has 0 radical (unpaired) electrons. The molecule has 0 saturated carbocycles. The average Bonchev–Trinajstić information content (AvgIpc) is 2.34. The minimum Gasteiger partial charge on any atom is -0.496 e. The van der Waals surface area contributed by atoms with Crippen molar-refractivity contribution >= 4 is 23.1 Å². The van der Waals surface area contributed by atoms with Crippen molar-refractivity contribution in [1.82, 2.24) is 0 Å². The first-order valence-corrected chi connectivity index (χ1v) is 4.63. The molecule has 0 amide bonds. The minimum absolute atomic E-state index is 0.962. The van der Waals surface area contributed by atoms with Crippen molar-refractivity contribution in [3.63, 3.8) is 0 Å².